The molecule has 0 saturated carbocycles. The number of benzene rings is 7. The highest BCUT2D eigenvalue weighted by Crippen LogP contribution is 2.46. The van der Waals surface area contributed by atoms with Gasteiger partial charge in [0.15, 0.2) is 0 Å². The van der Waals surface area contributed by atoms with E-state index in [0.29, 0.717) is 22.5 Å². The molecule has 0 bridgehead atoms. The van der Waals surface area contributed by atoms with Crippen LogP contribution >= 0.6 is 22.7 Å². The molecule has 0 N–H and O–H groups in total. The van der Waals surface area contributed by atoms with E-state index in [1.165, 1.54) is 40.3 Å². The van der Waals surface area contributed by atoms with Gasteiger partial charge in [-0.2, -0.15) is 10.5 Å². The van der Waals surface area contributed by atoms with Crippen LogP contribution in [0.15, 0.2) is 133 Å². The summed E-state index contributed by atoms with van der Waals surface area (Å²) in [6.45, 7) is 0. The summed E-state index contributed by atoms with van der Waals surface area (Å²) < 4.78 is 9.31. The number of hydrogen-bond acceptors (Lipinski definition) is 4. The Kier molecular flexibility index (Phi) is 5.52. The standard InChI is InChI=1S/C44H22N4S2/c45-23-29-30(24-46)34(48-32-14-6-2-10-26(32)42-36(48)20-22-40-44(42)28-12-4-8-16-38(28)50-40)18-17-33(29)47-31-13-5-1-9-25(31)41-35(47)19-21-39-43(41)27-11-3-7-15-37(27)49-39/h1-22H. The van der Waals surface area contributed by atoms with Crippen molar-refractivity contribution in [3.63, 3.8) is 0 Å². The Balaban J connectivity index is 1.25. The fraction of sp³-hybridized carbons (Fsp3) is 0. The first-order valence-corrected chi connectivity index (χ1v) is 18.0. The van der Waals surface area contributed by atoms with Crippen LogP contribution in [-0.2, 0) is 0 Å². The second-order valence-electron chi connectivity index (χ2n) is 12.6. The lowest BCUT2D eigenvalue weighted by Crippen LogP contribution is -2.05. The number of rotatable bonds is 2. The fourth-order valence-corrected chi connectivity index (χ4v) is 10.5. The molecule has 7 aromatic carbocycles. The van der Waals surface area contributed by atoms with Gasteiger partial charge in [-0.05, 0) is 60.7 Å². The van der Waals surface area contributed by atoms with Crippen molar-refractivity contribution < 1.29 is 0 Å². The molecule has 0 fully saturated rings. The summed E-state index contributed by atoms with van der Waals surface area (Å²) in [5, 5.41) is 31.3. The monoisotopic (exact) mass is 670 g/mol. The van der Waals surface area contributed by atoms with Crippen molar-refractivity contribution in [2.24, 2.45) is 0 Å². The lowest BCUT2D eigenvalue weighted by Gasteiger charge is -2.16. The summed E-state index contributed by atoms with van der Waals surface area (Å²) in [5.41, 5.74) is 6.14. The average molecular weight is 671 g/mol. The molecule has 0 aliphatic rings. The first-order chi connectivity index (χ1) is 24.7. The van der Waals surface area contributed by atoms with Crippen LogP contribution in [0.4, 0.5) is 0 Å². The Morgan fingerprint density at radius 3 is 1.20 bits per heavy atom. The Morgan fingerprint density at radius 1 is 0.360 bits per heavy atom. The van der Waals surface area contributed by atoms with Crippen LogP contribution in [0.2, 0.25) is 0 Å². The van der Waals surface area contributed by atoms with Gasteiger partial charge in [-0.15, -0.1) is 22.7 Å². The minimum atomic E-state index is 0.357. The van der Waals surface area contributed by atoms with Crippen LogP contribution in [0.1, 0.15) is 11.1 Å². The highest BCUT2D eigenvalue weighted by molar-refractivity contribution is 7.26. The van der Waals surface area contributed by atoms with Gasteiger partial charge in [0.25, 0.3) is 0 Å². The molecule has 0 aliphatic carbocycles. The fourth-order valence-electron chi connectivity index (χ4n) is 8.25. The van der Waals surface area contributed by atoms with E-state index in [2.05, 4.69) is 130 Å². The number of hydrogen-bond donors (Lipinski definition) is 0. The van der Waals surface area contributed by atoms with E-state index in [1.807, 2.05) is 24.3 Å². The quantitative estimate of drug-likeness (QED) is 0.184. The summed E-state index contributed by atoms with van der Waals surface area (Å²) >= 11 is 3.60. The SMILES string of the molecule is N#Cc1c(-n2c3ccccc3c3c4c(ccc32)sc2ccccc24)ccc(-n2c3ccccc3c3c4c(ccc32)sc2ccccc24)c1C#N. The third-order valence-corrected chi connectivity index (χ3v) is 12.5. The van der Waals surface area contributed by atoms with E-state index in [1.54, 1.807) is 22.7 Å². The van der Waals surface area contributed by atoms with Crippen molar-refractivity contribution in [2.75, 3.05) is 0 Å². The Hall–Kier alpha value is -6.44. The van der Waals surface area contributed by atoms with Gasteiger partial charge in [-0.1, -0.05) is 72.8 Å². The lowest BCUT2D eigenvalue weighted by atomic mass is 10.0. The predicted molar refractivity (Wildman–Crippen MR) is 210 cm³/mol. The molecular weight excluding hydrogens is 649 g/mol. The van der Waals surface area contributed by atoms with Crippen LogP contribution in [0.3, 0.4) is 0 Å². The van der Waals surface area contributed by atoms with Gasteiger partial charge in [0.2, 0.25) is 0 Å². The number of nitrogens with zero attached hydrogens (tertiary/aromatic N) is 4. The van der Waals surface area contributed by atoms with E-state index < -0.39 is 0 Å². The maximum Gasteiger partial charge on any atom is 0.103 e. The molecule has 6 heteroatoms. The molecule has 230 valence electrons. The van der Waals surface area contributed by atoms with Crippen molar-refractivity contribution in [1.82, 2.24) is 9.13 Å². The van der Waals surface area contributed by atoms with Gasteiger partial charge in [-0.3, -0.25) is 0 Å². The van der Waals surface area contributed by atoms with Gasteiger partial charge in [0, 0.05) is 61.9 Å². The number of fused-ring (bicyclic) bond motifs is 14. The molecule has 0 saturated heterocycles. The van der Waals surface area contributed by atoms with Gasteiger partial charge >= 0.3 is 0 Å². The molecule has 11 rings (SSSR count). The first kappa shape index (κ1) is 27.5. The van der Waals surface area contributed by atoms with Crippen LogP contribution < -0.4 is 0 Å². The molecule has 4 heterocycles. The highest BCUT2D eigenvalue weighted by Gasteiger charge is 2.24. The van der Waals surface area contributed by atoms with Crippen LogP contribution in [0.25, 0.3) is 95.3 Å². The molecule has 11 aromatic rings. The first-order valence-electron chi connectivity index (χ1n) is 16.4. The van der Waals surface area contributed by atoms with Crippen molar-refractivity contribution in [1.29, 1.82) is 10.5 Å². The molecule has 0 atom stereocenters. The molecule has 0 radical (unpaired) electrons. The van der Waals surface area contributed by atoms with E-state index in [-0.39, 0.29) is 0 Å². The van der Waals surface area contributed by atoms with Crippen LogP contribution in [-0.4, -0.2) is 9.13 Å². The molecule has 0 spiro atoms. The van der Waals surface area contributed by atoms with Crippen molar-refractivity contribution in [3.05, 3.63) is 145 Å². The second kappa shape index (κ2) is 10.0. The third kappa shape index (κ3) is 3.46. The van der Waals surface area contributed by atoms with Gasteiger partial charge in [0.1, 0.15) is 12.1 Å². The zero-order valence-electron chi connectivity index (χ0n) is 26.3. The Morgan fingerprint density at radius 2 is 0.760 bits per heavy atom. The van der Waals surface area contributed by atoms with E-state index in [4.69, 9.17) is 0 Å². The number of nitriles is 2. The largest absolute Gasteiger partial charge is 0.308 e. The molecule has 50 heavy (non-hydrogen) atoms. The number of para-hydroxylation sites is 2. The predicted octanol–water partition coefficient (Wildman–Crippen LogP) is 12.4. The molecule has 4 nitrogen and oxygen atoms in total. The minimum absolute atomic E-state index is 0.357. The average Bonchev–Trinajstić information content (AvgIpc) is 3.91. The maximum absolute atomic E-state index is 10.9. The summed E-state index contributed by atoms with van der Waals surface area (Å²) in [7, 11) is 0. The molecule has 0 aliphatic heterocycles. The number of thiophene rings is 2. The smallest absolute Gasteiger partial charge is 0.103 e. The van der Waals surface area contributed by atoms with E-state index in [0.717, 1.165) is 43.6 Å². The summed E-state index contributed by atoms with van der Waals surface area (Å²) in [5.74, 6) is 0. The van der Waals surface area contributed by atoms with E-state index >= 15 is 0 Å². The van der Waals surface area contributed by atoms with Gasteiger partial charge in [-0.25, -0.2) is 0 Å². The zero-order valence-corrected chi connectivity index (χ0v) is 27.9. The molecule has 4 aromatic heterocycles. The Bertz CT molecular complexity index is 3130. The van der Waals surface area contributed by atoms with Crippen molar-refractivity contribution in [2.45, 2.75) is 0 Å². The highest BCUT2D eigenvalue weighted by atomic mass is 32.1. The zero-order chi connectivity index (χ0) is 33.1. The normalized spacial score (nSPS) is 12.0. The molecule has 0 amide bonds. The number of aromatic nitrogens is 2. The summed E-state index contributed by atoms with van der Waals surface area (Å²) in [6, 6.07) is 51.6. The van der Waals surface area contributed by atoms with Crippen LogP contribution in [0.5, 0.6) is 0 Å². The van der Waals surface area contributed by atoms with Crippen molar-refractivity contribution in [3.8, 4) is 23.5 Å². The lowest BCUT2D eigenvalue weighted by molar-refractivity contribution is 1.12. The summed E-state index contributed by atoms with van der Waals surface area (Å²) in [6.07, 6.45) is 0. The molecule has 0 unspecified atom stereocenters. The summed E-state index contributed by atoms with van der Waals surface area (Å²) in [4.78, 5) is 0. The molecular formula is C44H22N4S2. The third-order valence-electron chi connectivity index (χ3n) is 10.2. The topological polar surface area (TPSA) is 57.4 Å². The Labute approximate surface area is 293 Å². The van der Waals surface area contributed by atoms with E-state index in [9.17, 15) is 10.5 Å². The minimum Gasteiger partial charge on any atom is -0.308 e. The second-order valence-corrected chi connectivity index (χ2v) is 14.8. The van der Waals surface area contributed by atoms with Gasteiger partial charge < -0.3 is 9.13 Å². The van der Waals surface area contributed by atoms with Crippen LogP contribution in [0, 0.1) is 22.7 Å². The van der Waals surface area contributed by atoms with Gasteiger partial charge in [0.05, 0.1) is 44.6 Å². The maximum atomic E-state index is 10.9. The van der Waals surface area contributed by atoms with Crippen molar-refractivity contribution >= 4 is 107 Å².